The number of hydrogen-bond acceptors (Lipinski definition) is 5. The lowest BCUT2D eigenvalue weighted by Gasteiger charge is -2.06. The molecule has 0 spiro atoms. The van der Waals surface area contributed by atoms with E-state index >= 15 is 0 Å². The average molecular weight is 439 g/mol. The highest BCUT2D eigenvalue weighted by Crippen LogP contribution is 2.36. The van der Waals surface area contributed by atoms with Crippen molar-refractivity contribution in [3.8, 4) is 17.2 Å². The summed E-state index contributed by atoms with van der Waals surface area (Å²) in [4.78, 5) is 25.3. The molecule has 5 rings (SSSR count). The number of hydrogen-bond donors (Lipinski definition) is 0. The number of methoxy groups -OCH3 is 1. The standard InChI is InChI=1S/C27H21NO5/c1-16-4-6-17(7-5-16)27(30)32-20-8-10-21-24(14-20)33-25(26(21)29)12-18-15-28(2)23-11-9-19(31-3)13-22(18)23/h4-15H,1-3H3. The minimum absolute atomic E-state index is 0.210. The number of benzene rings is 3. The Morgan fingerprint density at radius 1 is 1.00 bits per heavy atom. The summed E-state index contributed by atoms with van der Waals surface area (Å²) in [6, 6.07) is 17.7. The number of carbonyl (C=O) groups excluding carboxylic acids is 2. The Hall–Kier alpha value is -4.32. The van der Waals surface area contributed by atoms with Crippen molar-refractivity contribution in [3.63, 3.8) is 0 Å². The maximum absolute atomic E-state index is 12.9. The molecule has 164 valence electrons. The lowest BCUT2D eigenvalue weighted by Crippen LogP contribution is -2.08. The SMILES string of the molecule is COc1ccc2c(c1)c(C=C1Oc3cc(OC(=O)c4ccc(C)cc4)ccc3C1=O)cn2C. The monoisotopic (exact) mass is 439 g/mol. The Balaban J connectivity index is 1.42. The van der Waals surface area contributed by atoms with Gasteiger partial charge in [0.15, 0.2) is 5.76 Å². The van der Waals surface area contributed by atoms with Crippen molar-refractivity contribution >= 4 is 28.7 Å². The number of ketones is 1. The van der Waals surface area contributed by atoms with Crippen LogP contribution in [0, 0.1) is 6.92 Å². The molecule has 0 fully saturated rings. The summed E-state index contributed by atoms with van der Waals surface area (Å²) in [5, 5.41) is 0.949. The van der Waals surface area contributed by atoms with E-state index in [0.717, 1.165) is 27.8 Å². The molecule has 1 aliphatic rings. The lowest BCUT2D eigenvalue weighted by atomic mass is 10.1. The van der Waals surface area contributed by atoms with Crippen LogP contribution in [0.1, 0.15) is 31.8 Å². The van der Waals surface area contributed by atoms with Gasteiger partial charge < -0.3 is 18.8 Å². The van der Waals surface area contributed by atoms with E-state index in [2.05, 4.69) is 0 Å². The highest BCUT2D eigenvalue weighted by molar-refractivity contribution is 6.15. The molecule has 0 radical (unpaired) electrons. The fourth-order valence-electron chi connectivity index (χ4n) is 3.87. The molecular weight excluding hydrogens is 418 g/mol. The molecule has 33 heavy (non-hydrogen) atoms. The van der Waals surface area contributed by atoms with Crippen LogP contribution in [0.25, 0.3) is 17.0 Å². The molecule has 0 N–H and O–H groups in total. The summed E-state index contributed by atoms with van der Waals surface area (Å²) < 4.78 is 18.7. The number of aromatic nitrogens is 1. The van der Waals surface area contributed by atoms with Crippen LogP contribution in [-0.4, -0.2) is 23.4 Å². The van der Waals surface area contributed by atoms with E-state index in [9.17, 15) is 9.59 Å². The first-order chi connectivity index (χ1) is 15.9. The first kappa shape index (κ1) is 20.6. The molecule has 0 saturated heterocycles. The van der Waals surface area contributed by atoms with Crippen molar-refractivity contribution < 1.29 is 23.8 Å². The van der Waals surface area contributed by atoms with Crippen molar-refractivity contribution in [3.05, 3.63) is 94.9 Å². The van der Waals surface area contributed by atoms with Gasteiger partial charge in [0.25, 0.3) is 0 Å². The molecule has 0 aliphatic carbocycles. The Labute approximate surface area is 190 Å². The van der Waals surface area contributed by atoms with Gasteiger partial charge in [-0.05, 0) is 55.5 Å². The van der Waals surface area contributed by atoms with E-state index in [1.807, 2.05) is 55.1 Å². The summed E-state index contributed by atoms with van der Waals surface area (Å²) in [6.45, 7) is 1.95. The molecule has 1 aromatic heterocycles. The van der Waals surface area contributed by atoms with Crippen LogP contribution in [0.15, 0.2) is 72.6 Å². The Kier molecular flexibility index (Phi) is 4.98. The summed E-state index contributed by atoms with van der Waals surface area (Å²) in [6.07, 6.45) is 3.66. The normalized spacial score (nSPS) is 13.8. The van der Waals surface area contributed by atoms with E-state index in [-0.39, 0.29) is 11.5 Å². The van der Waals surface area contributed by atoms with Crippen molar-refractivity contribution in [2.75, 3.05) is 7.11 Å². The average Bonchev–Trinajstić information content (AvgIpc) is 3.29. The number of carbonyl (C=O) groups is 2. The van der Waals surface area contributed by atoms with Crippen molar-refractivity contribution in [1.29, 1.82) is 0 Å². The molecule has 0 unspecified atom stereocenters. The second kappa shape index (κ2) is 7.98. The number of fused-ring (bicyclic) bond motifs is 2. The predicted octanol–water partition coefficient (Wildman–Crippen LogP) is 5.33. The number of rotatable bonds is 4. The second-order valence-electron chi connectivity index (χ2n) is 7.93. The van der Waals surface area contributed by atoms with Gasteiger partial charge in [0.1, 0.15) is 17.2 Å². The third-order valence-corrected chi connectivity index (χ3v) is 5.65. The Morgan fingerprint density at radius 3 is 2.52 bits per heavy atom. The molecule has 0 saturated carbocycles. The van der Waals surface area contributed by atoms with Gasteiger partial charge in [0, 0.05) is 35.8 Å². The zero-order valence-corrected chi connectivity index (χ0v) is 18.4. The molecular formula is C27H21NO5. The van der Waals surface area contributed by atoms with Gasteiger partial charge in [-0.15, -0.1) is 0 Å². The van der Waals surface area contributed by atoms with Crippen LogP contribution in [0.3, 0.4) is 0 Å². The van der Waals surface area contributed by atoms with Gasteiger partial charge in [0.05, 0.1) is 18.2 Å². The highest BCUT2D eigenvalue weighted by Gasteiger charge is 2.28. The molecule has 4 aromatic rings. The zero-order chi connectivity index (χ0) is 23.1. The molecule has 6 heteroatoms. The van der Waals surface area contributed by atoms with Gasteiger partial charge in [-0.3, -0.25) is 4.79 Å². The van der Waals surface area contributed by atoms with Crippen LogP contribution in [0.2, 0.25) is 0 Å². The largest absolute Gasteiger partial charge is 0.497 e. The molecule has 6 nitrogen and oxygen atoms in total. The maximum Gasteiger partial charge on any atom is 0.343 e. The summed E-state index contributed by atoms with van der Waals surface area (Å²) in [7, 11) is 3.56. The van der Waals surface area contributed by atoms with E-state index in [1.54, 1.807) is 43.5 Å². The second-order valence-corrected chi connectivity index (χ2v) is 7.93. The van der Waals surface area contributed by atoms with Crippen LogP contribution in [-0.2, 0) is 7.05 Å². The third kappa shape index (κ3) is 3.76. The van der Waals surface area contributed by atoms with E-state index in [0.29, 0.717) is 22.6 Å². The van der Waals surface area contributed by atoms with Crippen molar-refractivity contribution in [2.24, 2.45) is 7.05 Å². The number of allylic oxidation sites excluding steroid dienone is 1. The minimum atomic E-state index is -0.472. The topological polar surface area (TPSA) is 66.8 Å². The first-order valence-corrected chi connectivity index (χ1v) is 10.4. The van der Waals surface area contributed by atoms with Gasteiger partial charge in [-0.1, -0.05) is 17.7 Å². The first-order valence-electron chi connectivity index (χ1n) is 10.4. The Morgan fingerprint density at radius 2 is 1.76 bits per heavy atom. The highest BCUT2D eigenvalue weighted by atomic mass is 16.5. The summed E-state index contributed by atoms with van der Waals surface area (Å²) >= 11 is 0. The smallest absolute Gasteiger partial charge is 0.343 e. The van der Waals surface area contributed by atoms with Crippen LogP contribution in [0.5, 0.6) is 17.2 Å². The number of nitrogens with zero attached hydrogens (tertiary/aromatic N) is 1. The molecule has 1 aliphatic heterocycles. The lowest BCUT2D eigenvalue weighted by molar-refractivity contribution is 0.0734. The fourth-order valence-corrected chi connectivity index (χ4v) is 3.87. The molecule has 0 amide bonds. The van der Waals surface area contributed by atoms with Gasteiger partial charge in [-0.25, -0.2) is 4.79 Å². The fraction of sp³-hybridized carbons (Fsp3) is 0.111. The van der Waals surface area contributed by atoms with Gasteiger partial charge in [-0.2, -0.15) is 0 Å². The quantitative estimate of drug-likeness (QED) is 0.244. The molecule has 2 heterocycles. The summed E-state index contributed by atoms with van der Waals surface area (Å²) in [5.41, 5.74) is 3.78. The number of aryl methyl sites for hydroxylation is 2. The minimum Gasteiger partial charge on any atom is -0.497 e. The van der Waals surface area contributed by atoms with Crippen molar-refractivity contribution in [1.82, 2.24) is 4.57 Å². The predicted molar refractivity (Wildman–Crippen MR) is 125 cm³/mol. The molecule has 0 atom stereocenters. The van der Waals surface area contributed by atoms with Crippen LogP contribution < -0.4 is 14.2 Å². The summed E-state index contributed by atoms with van der Waals surface area (Å²) in [5.74, 6) is 0.917. The van der Waals surface area contributed by atoms with E-state index in [1.165, 1.54) is 0 Å². The van der Waals surface area contributed by atoms with E-state index < -0.39 is 5.97 Å². The maximum atomic E-state index is 12.9. The molecule has 3 aromatic carbocycles. The van der Waals surface area contributed by atoms with Crippen LogP contribution >= 0.6 is 0 Å². The third-order valence-electron chi connectivity index (χ3n) is 5.65. The van der Waals surface area contributed by atoms with Crippen LogP contribution in [0.4, 0.5) is 0 Å². The van der Waals surface area contributed by atoms with Crippen molar-refractivity contribution in [2.45, 2.75) is 6.92 Å². The number of esters is 1. The zero-order valence-electron chi connectivity index (χ0n) is 18.4. The number of ether oxygens (including phenoxy) is 3. The number of Topliss-reactive ketones (excluding diaryl/α,β-unsaturated/α-hetero) is 1. The van der Waals surface area contributed by atoms with E-state index in [4.69, 9.17) is 14.2 Å². The van der Waals surface area contributed by atoms with Gasteiger partial charge in [0.2, 0.25) is 5.78 Å². The molecule has 0 bridgehead atoms. The van der Waals surface area contributed by atoms with Gasteiger partial charge >= 0.3 is 5.97 Å². The Bertz CT molecular complexity index is 1440.